The van der Waals surface area contributed by atoms with Crippen LogP contribution in [0.3, 0.4) is 0 Å². The molecule has 2 aromatic rings. The molecule has 4 rings (SSSR count). The third kappa shape index (κ3) is 3.97. The number of rotatable bonds is 5. The van der Waals surface area contributed by atoms with Crippen molar-refractivity contribution in [3.05, 3.63) is 41.6 Å². The van der Waals surface area contributed by atoms with Gasteiger partial charge in [0.1, 0.15) is 10.7 Å². The zero-order valence-corrected chi connectivity index (χ0v) is 18.5. The van der Waals surface area contributed by atoms with Gasteiger partial charge in [-0.3, -0.25) is 0 Å². The molecule has 3 heterocycles. The summed E-state index contributed by atoms with van der Waals surface area (Å²) < 4.78 is 38.2. The minimum atomic E-state index is -3.50. The fourth-order valence-electron chi connectivity index (χ4n) is 3.97. The highest BCUT2D eigenvalue weighted by Gasteiger charge is 2.28. The van der Waals surface area contributed by atoms with E-state index in [2.05, 4.69) is 14.8 Å². The molecular formula is C21H28N4O4S. The maximum absolute atomic E-state index is 12.9. The summed E-state index contributed by atoms with van der Waals surface area (Å²) in [6.45, 7) is 4.00. The van der Waals surface area contributed by atoms with Gasteiger partial charge in [0.25, 0.3) is 0 Å². The topological polar surface area (TPSA) is 75.2 Å². The highest BCUT2D eigenvalue weighted by Crippen LogP contribution is 2.34. The number of hydrogen-bond acceptors (Lipinski definition) is 7. The molecule has 0 atom stereocenters. The summed E-state index contributed by atoms with van der Waals surface area (Å²) in [7, 11) is 1.77. The Morgan fingerprint density at radius 3 is 2.20 bits per heavy atom. The number of pyridine rings is 1. The van der Waals surface area contributed by atoms with Crippen molar-refractivity contribution < 1.29 is 17.9 Å². The molecule has 30 heavy (non-hydrogen) atoms. The molecule has 1 saturated heterocycles. The average Bonchev–Trinajstić information content (AvgIpc) is 2.78. The van der Waals surface area contributed by atoms with E-state index in [1.165, 1.54) is 11.8 Å². The van der Waals surface area contributed by atoms with E-state index in [4.69, 9.17) is 9.47 Å². The lowest BCUT2D eigenvalue weighted by Gasteiger charge is -2.32. The fourth-order valence-corrected chi connectivity index (χ4v) is 5.34. The first-order valence-electron chi connectivity index (χ1n) is 10.1. The first-order chi connectivity index (χ1) is 14.4. The summed E-state index contributed by atoms with van der Waals surface area (Å²) in [5.74, 6) is 2.22. The lowest BCUT2D eigenvalue weighted by atomic mass is 9.99. The minimum Gasteiger partial charge on any atom is -0.493 e. The minimum absolute atomic E-state index is 0.250. The molecule has 0 N–H and O–H groups in total. The number of likely N-dealkylation sites (N-methyl/N-ethyl adjacent to an activating group) is 1. The van der Waals surface area contributed by atoms with Gasteiger partial charge in [-0.25, -0.2) is 13.4 Å². The van der Waals surface area contributed by atoms with Crippen LogP contribution in [0.2, 0.25) is 0 Å². The second-order valence-electron chi connectivity index (χ2n) is 7.71. The Hall–Kier alpha value is -2.36. The van der Waals surface area contributed by atoms with Crippen molar-refractivity contribution in [3.63, 3.8) is 0 Å². The van der Waals surface area contributed by atoms with Crippen molar-refractivity contribution in [3.8, 4) is 11.5 Å². The quantitative estimate of drug-likeness (QED) is 0.710. The van der Waals surface area contributed by atoms with Gasteiger partial charge >= 0.3 is 0 Å². The molecule has 0 aliphatic carbocycles. The molecule has 2 aliphatic heterocycles. The summed E-state index contributed by atoms with van der Waals surface area (Å²) in [5.41, 5.74) is 2.40. The van der Waals surface area contributed by atoms with Gasteiger partial charge in [-0.05, 0) is 48.9 Å². The molecule has 0 amide bonds. The molecule has 1 aromatic heterocycles. The molecule has 0 spiro atoms. The van der Waals surface area contributed by atoms with Gasteiger partial charge in [0.15, 0.2) is 11.5 Å². The molecule has 8 nitrogen and oxygen atoms in total. The predicted octanol–water partition coefficient (Wildman–Crippen LogP) is 1.60. The molecule has 1 aromatic carbocycles. The number of benzene rings is 1. The lowest BCUT2D eigenvalue weighted by molar-refractivity contribution is 0.222. The van der Waals surface area contributed by atoms with E-state index < -0.39 is 10.0 Å². The second kappa shape index (κ2) is 8.41. The summed E-state index contributed by atoms with van der Waals surface area (Å²) in [5, 5.41) is 0. The molecule has 1 fully saturated rings. The summed E-state index contributed by atoms with van der Waals surface area (Å²) in [4.78, 5) is 9.02. The Morgan fingerprint density at radius 2 is 1.60 bits per heavy atom. The zero-order chi connectivity index (χ0) is 21.3. The highest BCUT2D eigenvalue weighted by molar-refractivity contribution is 7.89. The van der Waals surface area contributed by atoms with E-state index >= 15 is 0 Å². The number of methoxy groups -OCH3 is 2. The Labute approximate surface area is 178 Å². The van der Waals surface area contributed by atoms with Crippen LogP contribution in [-0.4, -0.2) is 76.6 Å². The Bertz CT molecular complexity index is 1000. The van der Waals surface area contributed by atoms with E-state index in [1.54, 1.807) is 30.7 Å². The number of sulfonamides is 1. The third-order valence-electron chi connectivity index (χ3n) is 5.86. The van der Waals surface area contributed by atoms with Crippen LogP contribution in [0.25, 0.3) is 0 Å². The van der Waals surface area contributed by atoms with Crippen LogP contribution >= 0.6 is 0 Å². The Kier molecular flexibility index (Phi) is 5.86. The van der Waals surface area contributed by atoms with Crippen molar-refractivity contribution in [2.24, 2.45) is 0 Å². The normalized spacial score (nSPS) is 18.2. The van der Waals surface area contributed by atoms with Crippen molar-refractivity contribution in [1.82, 2.24) is 14.2 Å². The highest BCUT2D eigenvalue weighted by atomic mass is 32.2. The standard InChI is InChI=1S/C21H28N4O4S/c1-23-8-10-25(11-9-23)30(26,27)18-4-5-21(22-14-18)24-7-6-16-12-19(28-2)20(29-3)13-17(16)15-24/h4-5,12-14H,6-11,15H2,1-3H3. The van der Waals surface area contributed by atoms with Gasteiger partial charge in [-0.2, -0.15) is 4.31 Å². The molecule has 2 aliphatic rings. The van der Waals surface area contributed by atoms with E-state index in [0.717, 1.165) is 43.2 Å². The van der Waals surface area contributed by atoms with Crippen LogP contribution in [0, 0.1) is 0 Å². The van der Waals surface area contributed by atoms with Gasteiger partial charge in [-0.1, -0.05) is 0 Å². The Balaban J connectivity index is 1.51. The van der Waals surface area contributed by atoms with Crippen molar-refractivity contribution in [2.75, 3.05) is 58.9 Å². The summed E-state index contributed by atoms with van der Waals surface area (Å²) in [6.07, 6.45) is 2.34. The van der Waals surface area contributed by atoms with E-state index in [0.29, 0.717) is 25.4 Å². The van der Waals surface area contributed by atoms with Gasteiger partial charge in [0.05, 0.1) is 14.2 Å². The number of aromatic nitrogens is 1. The van der Waals surface area contributed by atoms with Crippen LogP contribution in [0.4, 0.5) is 5.82 Å². The first kappa shape index (κ1) is 20.9. The van der Waals surface area contributed by atoms with Gasteiger partial charge in [0.2, 0.25) is 10.0 Å². The smallest absolute Gasteiger partial charge is 0.244 e. The average molecular weight is 433 g/mol. The van der Waals surface area contributed by atoms with Gasteiger partial charge in [0, 0.05) is 45.5 Å². The molecule has 0 bridgehead atoms. The van der Waals surface area contributed by atoms with Gasteiger partial charge in [-0.15, -0.1) is 0 Å². The SMILES string of the molecule is COc1cc2c(cc1OC)CN(c1ccc(S(=O)(=O)N3CCN(C)CC3)cn1)CC2. The molecule has 9 heteroatoms. The van der Waals surface area contributed by atoms with E-state index in [9.17, 15) is 8.42 Å². The Morgan fingerprint density at radius 1 is 0.933 bits per heavy atom. The maximum Gasteiger partial charge on any atom is 0.244 e. The number of piperazine rings is 1. The van der Waals surface area contributed by atoms with Gasteiger partial charge < -0.3 is 19.3 Å². The maximum atomic E-state index is 12.9. The van der Waals surface area contributed by atoms with Crippen molar-refractivity contribution in [1.29, 1.82) is 0 Å². The van der Waals surface area contributed by atoms with Crippen LogP contribution in [0.1, 0.15) is 11.1 Å². The fraction of sp³-hybridized carbons (Fsp3) is 0.476. The van der Waals surface area contributed by atoms with E-state index in [-0.39, 0.29) is 4.90 Å². The number of hydrogen-bond donors (Lipinski definition) is 0. The molecule has 0 saturated carbocycles. The number of ether oxygens (including phenoxy) is 2. The molecule has 0 unspecified atom stereocenters. The number of nitrogens with zero attached hydrogens (tertiary/aromatic N) is 4. The van der Waals surface area contributed by atoms with Crippen LogP contribution in [-0.2, 0) is 23.0 Å². The van der Waals surface area contributed by atoms with E-state index in [1.807, 2.05) is 19.2 Å². The predicted molar refractivity (Wildman–Crippen MR) is 115 cm³/mol. The largest absolute Gasteiger partial charge is 0.493 e. The van der Waals surface area contributed by atoms with Crippen molar-refractivity contribution in [2.45, 2.75) is 17.9 Å². The van der Waals surface area contributed by atoms with Crippen LogP contribution < -0.4 is 14.4 Å². The molecule has 0 radical (unpaired) electrons. The monoisotopic (exact) mass is 432 g/mol. The molecule has 162 valence electrons. The van der Waals surface area contributed by atoms with Crippen molar-refractivity contribution >= 4 is 15.8 Å². The number of anilines is 1. The van der Waals surface area contributed by atoms with Crippen LogP contribution in [0.5, 0.6) is 11.5 Å². The second-order valence-corrected chi connectivity index (χ2v) is 9.64. The zero-order valence-electron chi connectivity index (χ0n) is 17.7. The molecular weight excluding hydrogens is 404 g/mol. The summed E-state index contributed by atoms with van der Waals surface area (Å²) >= 11 is 0. The van der Waals surface area contributed by atoms with Crippen LogP contribution in [0.15, 0.2) is 35.4 Å². The third-order valence-corrected chi connectivity index (χ3v) is 7.74. The first-order valence-corrected chi connectivity index (χ1v) is 11.5. The lowest BCUT2D eigenvalue weighted by Crippen LogP contribution is -2.47. The number of fused-ring (bicyclic) bond motifs is 1. The summed E-state index contributed by atoms with van der Waals surface area (Å²) in [6, 6.07) is 7.51.